The molecule has 0 aliphatic heterocycles. The molecule has 0 amide bonds. The second-order valence-corrected chi connectivity index (χ2v) is 4.01. The highest BCUT2D eigenvalue weighted by molar-refractivity contribution is 5.93. The van der Waals surface area contributed by atoms with Gasteiger partial charge in [0.25, 0.3) is 0 Å². The second kappa shape index (κ2) is 5.52. The van der Waals surface area contributed by atoms with Crippen LogP contribution in [0.15, 0.2) is 34.7 Å². The second-order valence-electron chi connectivity index (χ2n) is 4.01. The normalized spacial score (nSPS) is 10.2. The van der Waals surface area contributed by atoms with E-state index in [2.05, 4.69) is 0 Å². The van der Waals surface area contributed by atoms with E-state index in [0.717, 1.165) is 6.29 Å². The number of aldehydes is 1. The molecule has 1 aromatic carbocycles. The topological polar surface area (TPSA) is 56.5 Å². The lowest BCUT2D eigenvalue weighted by molar-refractivity contribution is 0.0524. The lowest BCUT2D eigenvalue weighted by Crippen LogP contribution is -2.04. The van der Waals surface area contributed by atoms with E-state index in [1.807, 2.05) is 6.07 Å². The van der Waals surface area contributed by atoms with E-state index < -0.39 is 5.97 Å². The van der Waals surface area contributed by atoms with Gasteiger partial charge in [-0.25, -0.2) is 4.79 Å². The van der Waals surface area contributed by atoms with Gasteiger partial charge >= 0.3 is 5.97 Å². The number of furan rings is 1. The van der Waals surface area contributed by atoms with Gasteiger partial charge in [-0.15, -0.1) is 0 Å². The SMILES string of the molecule is CCOC(=O)c1cc(-c2ccccc2C=O)oc1C. The first-order chi connectivity index (χ1) is 9.17. The predicted octanol–water partition coefficient (Wildman–Crippen LogP) is 3.24. The Kier molecular flexibility index (Phi) is 3.80. The molecule has 19 heavy (non-hydrogen) atoms. The maximum absolute atomic E-state index is 11.7. The Balaban J connectivity index is 2.45. The van der Waals surface area contributed by atoms with Crippen LogP contribution in [-0.4, -0.2) is 18.9 Å². The van der Waals surface area contributed by atoms with Crippen LogP contribution in [-0.2, 0) is 4.74 Å². The summed E-state index contributed by atoms with van der Waals surface area (Å²) in [4.78, 5) is 22.7. The zero-order valence-corrected chi connectivity index (χ0v) is 10.8. The minimum atomic E-state index is -0.418. The van der Waals surface area contributed by atoms with E-state index in [1.165, 1.54) is 0 Å². The summed E-state index contributed by atoms with van der Waals surface area (Å²) in [5, 5.41) is 0. The van der Waals surface area contributed by atoms with E-state index in [-0.39, 0.29) is 0 Å². The van der Waals surface area contributed by atoms with Gasteiger partial charge in [0.1, 0.15) is 17.1 Å². The molecule has 1 aromatic heterocycles. The quantitative estimate of drug-likeness (QED) is 0.624. The monoisotopic (exact) mass is 258 g/mol. The van der Waals surface area contributed by atoms with Crippen LogP contribution < -0.4 is 0 Å². The van der Waals surface area contributed by atoms with E-state index >= 15 is 0 Å². The number of carbonyl (C=O) groups excluding carboxylic acids is 2. The first-order valence-electron chi connectivity index (χ1n) is 5.99. The highest BCUT2D eigenvalue weighted by atomic mass is 16.5. The zero-order chi connectivity index (χ0) is 13.8. The molecule has 0 saturated carbocycles. The van der Waals surface area contributed by atoms with Crippen molar-refractivity contribution in [2.45, 2.75) is 13.8 Å². The van der Waals surface area contributed by atoms with Crippen LogP contribution >= 0.6 is 0 Å². The molecule has 0 spiro atoms. The highest BCUT2D eigenvalue weighted by Gasteiger charge is 2.18. The minimum absolute atomic E-state index is 0.309. The Bertz CT molecular complexity index is 610. The third kappa shape index (κ3) is 2.57. The van der Waals surface area contributed by atoms with Gasteiger partial charge in [-0.1, -0.05) is 24.3 Å². The van der Waals surface area contributed by atoms with Gasteiger partial charge < -0.3 is 9.15 Å². The fourth-order valence-corrected chi connectivity index (χ4v) is 1.85. The van der Waals surface area contributed by atoms with Crippen molar-refractivity contribution in [3.63, 3.8) is 0 Å². The number of hydrogen-bond acceptors (Lipinski definition) is 4. The van der Waals surface area contributed by atoms with Gasteiger partial charge in [-0.05, 0) is 19.9 Å². The van der Waals surface area contributed by atoms with Crippen LogP contribution in [0.1, 0.15) is 33.4 Å². The van der Waals surface area contributed by atoms with Gasteiger partial charge in [0.05, 0.1) is 6.61 Å². The summed E-state index contributed by atoms with van der Waals surface area (Å²) < 4.78 is 10.5. The Labute approximate surface area is 111 Å². The van der Waals surface area contributed by atoms with Crippen LogP contribution in [0, 0.1) is 6.92 Å². The smallest absolute Gasteiger partial charge is 0.341 e. The summed E-state index contributed by atoms with van der Waals surface area (Å²) in [5.74, 6) is 0.552. The number of benzene rings is 1. The van der Waals surface area contributed by atoms with Crippen LogP contribution in [0.4, 0.5) is 0 Å². The number of ether oxygens (including phenoxy) is 1. The van der Waals surface area contributed by atoms with E-state index in [1.54, 1.807) is 38.1 Å². The molecule has 0 radical (unpaired) electrons. The molecule has 4 heteroatoms. The molecule has 0 N–H and O–H groups in total. The lowest BCUT2D eigenvalue weighted by Gasteiger charge is -1.99. The van der Waals surface area contributed by atoms with E-state index in [4.69, 9.17) is 9.15 Å². The van der Waals surface area contributed by atoms with Crippen molar-refractivity contribution in [2.24, 2.45) is 0 Å². The van der Waals surface area contributed by atoms with Gasteiger partial charge in [0.2, 0.25) is 0 Å². The van der Waals surface area contributed by atoms with Crippen LogP contribution in [0.25, 0.3) is 11.3 Å². The average Bonchev–Trinajstić information content (AvgIpc) is 2.81. The van der Waals surface area contributed by atoms with Crippen molar-refractivity contribution in [3.8, 4) is 11.3 Å². The molecular weight excluding hydrogens is 244 g/mol. The van der Waals surface area contributed by atoms with E-state index in [9.17, 15) is 9.59 Å². The third-order valence-corrected chi connectivity index (χ3v) is 2.77. The van der Waals surface area contributed by atoms with Crippen LogP contribution in [0.3, 0.4) is 0 Å². The molecule has 4 nitrogen and oxygen atoms in total. The Morgan fingerprint density at radius 3 is 2.79 bits per heavy atom. The molecule has 2 rings (SSSR count). The fourth-order valence-electron chi connectivity index (χ4n) is 1.85. The fraction of sp³-hybridized carbons (Fsp3) is 0.200. The number of rotatable bonds is 4. The molecule has 0 aliphatic carbocycles. The Hall–Kier alpha value is -2.36. The third-order valence-electron chi connectivity index (χ3n) is 2.77. The molecule has 0 bridgehead atoms. The van der Waals surface area contributed by atoms with Gasteiger partial charge in [-0.2, -0.15) is 0 Å². The van der Waals surface area contributed by atoms with Crippen molar-refractivity contribution in [2.75, 3.05) is 6.61 Å². The molecule has 0 aliphatic rings. The molecule has 98 valence electrons. The first kappa shape index (κ1) is 13.1. The zero-order valence-electron chi connectivity index (χ0n) is 10.8. The summed E-state index contributed by atoms with van der Waals surface area (Å²) in [6, 6.07) is 8.66. The van der Waals surface area contributed by atoms with Gasteiger partial charge in [0.15, 0.2) is 6.29 Å². The molecule has 0 atom stereocenters. The Morgan fingerprint density at radius 1 is 1.37 bits per heavy atom. The average molecular weight is 258 g/mol. The number of carbonyl (C=O) groups is 2. The maximum Gasteiger partial charge on any atom is 0.341 e. The van der Waals surface area contributed by atoms with Crippen LogP contribution in [0.2, 0.25) is 0 Å². The van der Waals surface area contributed by atoms with Gasteiger partial charge in [-0.3, -0.25) is 4.79 Å². The number of aryl methyl sites for hydroxylation is 1. The number of hydrogen-bond donors (Lipinski definition) is 0. The molecule has 0 unspecified atom stereocenters. The van der Waals surface area contributed by atoms with Crippen molar-refractivity contribution < 1.29 is 18.7 Å². The summed E-state index contributed by atoms with van der Waals surface area (Å²) in [7, 11) is 0. The lowest BCUT2D eigenvalue weighted by atomic mass is 10.1. The predicted molar refractivity (Wildman–Crippen MR) is 70.2 cm³/mol. The minimum Gasteiger partial charge on any atom is -0.462 e. The molecule has 1 heterocycles. The summed E-state index contributed by atoms with van der Waals surface area (Å²) in [6.45, 7) is 3.75. The van der Waals surface area contributed by atoms with Crippen molar-refractivity contribution >= 4 is 12.3 Å². The Morgan fingerprint density at radius 2 is 2.11 bits per heavy atom. The summed E-state index contributed by atoms with van der Waals surface area (Å²) >= 11 is 0. The molecular formula is C15H14O4. The van der Waals surface area contributed by atoms with Crippen LogP contribution in [0.5, 0.6) is 0 Å². The maximum atomic E-state index is 11.7. The summed E-state index contributed by atoms with van der Waals surface area (Å²) in [5.41, 5.74) is 1.57. The summed E-state index contributed by atoms with van der Waals surface area (Å²) in [6.07, 6.45) is 0.761. The first-order valence-corrected chi connectivity index (χ1v) is 5.99. The number of esters is 1. The largest absolute Gasteiger partial charge is 0.462 e. The standard InChI is InChI=1S/C15H14O4/c1-3-18-15(17)13-8-14(19-10(13)2)12-7-5-4-6-11(12)9-16/h4-9H,3H2,1-2H3. The molecule has 2 aromatic rings. The molecule has 0 fully saturated rings. The van der Waals surface area contributed by atoms with E-state index in [0.29, 0.717) is 34.8 Å². The van der Waals surface area contributed by atoms with Crippen molar-refractivity contribution in [1.82, 2.24) is 0 Å². The highest BCUT2D eigenvalue weighted by Crippen LogP contribution is 2.27. The van der Waals surface area contributed by atoms with Crippen molar-refractivity contribution in [3.05, 3.63) is 47.2 Å². The van der Waals surface area contributed by atoms with Crippen molar-refractivity contribution in [1.29, 1.82) is 0 Å². The molecule has 0 saturated heterocycles. The van der Waals surface area contributed by atoms with Gasteiger partial charge in [0, 0.05) is 11.1 Å².